The first-order valence-electron chi connectivity index (χ1n) is 11.2. The van der Waals surface area contributed by atoms with E-state index in [2.05, 4.69) is 16.0 Å². The number of nitrogens with one attached hydrogen (secondary N) is 3. The summed E-state index contributed by atoms with van der Waals surface area (Å²) in [6, 6.07) is 16.2. The van der Waals surface area contributed by atoms with Gasteiger partial charge in [-0.2, -0.15) is 0 Å². The largest absolute Gasteiger partial charge is 0.347 e. The molecule has 0 aromatic heterocycles. The van der Waals surface area contributed by atoms with Crippen molar-refractivity contribution < 1.29 is 24.0 Å². The Bertz CT molecular complexity index is 1040. The highest BCUT2D eigenvalue weighted by atomic mass is 16.2. The Morgan fingerprint density at radius 3 is 2.26 bits per heavy atom. The van der Waals surface area contributed by atoms with Gasteiger partial charge in [0.2, 0.25) is 17.6 Å². The zero-order valence-electron chi connectivity index (χ0n) is 19.0. The molecule has 3 N–H and O–H groups in total. The molecule has 4 amide bonds. The van der Waals surface area contributed by atoms with Crippen LogP contribution in [0.25, 0.3) is 0 Å². The third-order valence-corrected chi connectivity index (χ3v) is 5.56. The van der Waals surface area contributed by atoms with Crippen LogP contribution in [-0.2, 0) is 25.7 Å². The van der Waals surface area contributed by atoms with E-state index in [-0.39, 0.29) is 12.5 Å². The minimum Gasteiger partial charge on any atom is -0.347 e. The zero-order valence-corrected chi connectivity index (χ0v) is 19.0. The number of benzene rings is 2. The monoisotopic (exact) mass is 464 g/mol. The number of amides is 4. The Kier molecular flexibility index (Phi) is 8.50. The molecule has 0 saturated carbocycles. The molecule has 0 spiro atoms. The van der Waals surface area contributed by atoms with Crippen molar-refractivity contribution in [3.63, 3.8) is 0 Å². The minimum absolute atomic E-state index is 0.200. The molecule has 3 rings (SSSR count). The fraction of sp³-hybridized carbons (Fsp3) is 0.320. The van der Waals surface area contributed by atoms with Gasteiger partial charge in [-0.1, -0.05) is 48.5 Å². The van der Waals surface area contributed by atoms with E-state index in [4.69, 9.17) is 0 Å². The van der Waals surface area contributed by atoms with Crippen LogP contribution in [-0.4, -0.2) is 59.5 Å². The predicted octanol–water partition coefficient (Wildman–Crippen LogP) is 0.798. The van der Waals surface area contributed by atoms with E-state index in [0.717, 1.165) is 5.56 Å². The molecule has 9 nitrogen and oxygen atoms in total. The van der Waals surface area contributed by atoms with Crippen molar-refractivity contribution in [3.05, 3.63) is 71.8 Å². The molecule has 2 atom stereocenters. The van der Waals surface area contributed by atoms with E-state index in [1.165, 1.54) is 11.8 Å². The highest BCUT2D eigenvalue weighted by Gasteiger charge is 2.35. The van der Waals surface area contributed by atoms with Crippen LogP contribution in [0, 0.1) is 0 Å². The van der Waals surface area contributed by atoms with Crippen LogP contribution in [0.2, 0.25) is 0 Å². The second-order valence-corrected chi connectivity index (χ2v) is 8.06. The molecule has 1 saturated heterocycles. The number of hydrogen-bond acceptors (Lipinski definition) is 5. The normalized spacial score (nSPS) is 15.8. The molecule has 0 bridgehead atoms. The third kappa shape index (κ3) is 6.50. The summed E-state index contributed by atoms with van der Waals surface area (Å²) in [5.41, 5.74) is 1.34. The van der Waals surface area contributed by atoms with Gasteiger partial charge < -0.3 is 20.9 Å². The van der Waals surface area contributed by atoms with Gasteiger partial charge in [-0.05, 0) is 37.5 Å². The van der Waals surface area contributed by atoms with Crippen molar-refractivity contribution >= 4 is 29.4 Å². The zero-order chi connectivity index (χ0) is 24.5. The lowest BCUT2D eigenvalue weighted by Crippen LogP contribution is -2.52. The summed E-state index contributed by atoms with van der Waals surface area (Å²) in [6.45, 7) is 1.65. The first-order chi connectivity index (χ1) is 16.4. The maximum Gasteiger partial charge on any atom is 0.289 e. The Labute approximate surface area is 197 Å². The summed E-state index contributed by atoms with van der Waals surface area (Å²) in [7, 11) is 0. The Hall–Kier alpha value is -4.01. The molecule has 1 heterocycles. The van der Waals surface area contributed by atoms with Crippen molar-refractivity contribution in [2.24, 2.45) is 0 Å². The van der Waals surface area contributed by atoms with Crippen molar-refractivity contribution in [1.82, 2.24) is 20.9 Å². The topological polar surface area (TPSA) is 125 Å². The van der Waals surface area contributed by atoms with Crippen LogP contribution >= 0.6 is 0 Å². The molecule has 0 aliphatic carbocycles. The number of Topliss-reactive ketones (excluding diaryl/α,β-unsaturated/α-hetero) is 1. The molecule has 1 aliphatic rings. The van der Waals surface area contributed by atoms with Crippen molar-refractivity contribution in [2.45, 2.75) is 38.4 Å². The Morgan fingerprint density at radius 2 is 1.59 bits per heavy atom. The summed E-state index contributed by atoms with van der Waals surface area (Å²) in [6.07, 6.45) is 1.18. The molecule has 1 fully saturated rings. The van der Waals surface area contributed by atoms with Crippen LogP contribution in [0.5, 0.6) is 0 Å². The number of carbonyl (C=O) groups is 5. The molecule has 1 unspecified atom stereocenters. The highest BCUT2D eigenvalue weighted by Crippen LogP contribution is 2.20. The first-order valence-corrected chi connectivity index (χ1v) is 11.2. The quantitative estimate of drug-likeness (QED) is 0.474. The van der Waals surface area contributed by atoms with Gasteiger partial charge in [-0.3, -0.25) is 24.0 Å². The maximum atomic E-state index is 12.8. The number of nitrogens with zero attached hydrogens (tertiary/aromatic N) is 1. The van der Waals surface area contributed by atoms with Gasteiger partial charge in [-0.15, -0.1) is 0 Å². The second-order valence-electron chi connectivity index (χ2n) is 8.06. The number of likely N-dealkylation sites (tertiary alicyclic amines) is 1. The molecule has 9 heteroatoms. The lowest BCUT2D eigenvalue weighted by atomic mass is 10.1. The van der Waals surface area contributed by atoms with E-state index in [0.29, 0.717) is 24.9 Å². The molecule has 2 aromatic carbocycles. The Morgan fingerprint density at radius 1 is 0.941 bits per heavy atom. The van der Waals surface area contributed by atoms with Crippen LogP contribution in [0.4, 0.5) is 0 Å². The number of carbonyl (C=O) groups excluding carboxylic acids is 5. The van der Waals surface area contributed by atoms with E-state index in [1.54, 1.807) is 24.3 Å². The molecule has 178 valence electrons. The predicted molar refractivity (Wildman–Crippen MR) is 124 cm³/mol. The molecular weight excluding hydrogens is 436 g/mol. The van der Waals surface area contributed by atoms with Gasteiger partial charge in [0.05, 0.1) is 6.54 Å². The summed E-state index contributed by atoms with van der Waals surface area (Å²) in [4.78, 5) is 63.3. The maximum absolute atomic E-state index is 12.8. The smallest absolute Gasteiger partial charge is 0.289 e. The number of hydrogen-bond donors (Lipinski definition) is 3. The summed E-state index contributed by atoms with van der Waals surface area (Å²) in [5.74, 6) is -2.87. The molecule has 34 heavy (non-hydrogen) atoms. The number of rotatable bonds is 9. The van der Waals surface area contributed by atoms with Gasteiger partial charge >= 0.3 is 0 Å². The van der Waals surface area contributed by atoms with Crippen molar-refractivity contribution in [3.8, 4) is 0 Å². The van der Waals surface area contributed by atoms with Crippen molar-refractivity contribution in [1.29, 1.82) is 0 Å². The molecule has 0 radical (unpaired) electrons. The standard InChI is InChI=1S/C25H28N4O5/c1-17(22(31)27-16-21(30)24(33)26-15-18-9-4-2-5-10-18)28-23(32)20-13-8-14-29(20)25(34)19-11-6-3-7-12-19/h2-7,9-12,17,20H,8,13-16H2,1H3,(H,26,33)(H,27,31)(H,28,32)/t17-,20?/m0/s1. The highest BCUT2D eigenvalue weighted by molar-refractivity contribution is 6.37. The van der Waals surface area contributed by atoms with Gasteiger partial charge in [0.25, 0.3) is 11.8 Å². The SMILES string of the molecule is C[C@H](NC(=O)C1CCCN1C(=O)c1ccccc1)C(=O)NCC(=O)C(=O)NCc1ccccc1. The van der Waals surface area contributed by atoms with E-state index in [1.807, 2.05) is 36.4 Å². The van der Waals surface area contributed by atoms with Crippen LogP contribution in [0.15, 0.2) is 60.7 Å². The third-order valence-electron chi connectivity index (χ3n) is 5.56. The fourth-order valence-electron chi connectivity index (χ4n) is 3.68. The average molecular weight is 465 g/mol. The van der Waals surface area contributed by atoms with Gasteiger partial charge in [-0.25, -0.2) is 0 Å². The fourth-order valence-corrected chi connectivity index (χ4v) is 3.68. The molecule has 2 aromatic rings. The van der Waals surface area contributed by atoms with Crippen LogP contribution in [0.3, 0.4) is 0 Å². The van der Waals surface area contributed by atoms with Gasteiger partial charge in [0, 0.05) is 18.7 Å². The summed E-state index contributed by atoms with van der Waals surface area (Å²) < 4.78 is 0. The van der Waals surface area contributed by atoms with Crippen molar-refractivity contribution in [2.75, 3.05) is 13.1 Å². The summed E-state index contributed by atoms with van der Waals surface area (Å²) in [5, 5.41) is 7.48. The first kappa shape index (κ1) is 24.6. The van der Waals surface area contributed by atoms with Crippen LogP contribution in [0.1, 0.15) is 35.7 Å². The van der Waals surface area contributed by atoms with Gasteiger partial charge in [0.1, 0.15) is 12.1 Å². The molecule has 1 aliphatic heterocycles. The summed E-state index contributed by atoms with van der Waals surface area (Å²) >= 11 is 0. The minimum atomic E-state index is -0.943. The number of ketones is 1. The lowest BCUT2D eigenvalue weighted by molar-refractivity contribution is -0.138. The van der Waals surface area contributed by atoms with Crippen LogP contribution < -0.4 is 16.0 Å². The van der Waals surface area contributed by atoms with Gasteiger partial charge in [0.15, 0.2) is 0 Å². The van der Waals surface area contributed by atoms with E-state index in [9.17, 15) is 24.0 Å². The lowest BCUT2D eigenvalue weighted by Gasteiger charge is -2.25. The Balaban J connectivity index is 1.45. The average Bonchev–Trinajstić information content (AvgIpc) is 3.36. The second kappa shape index (κ2) is 11.7. The van der Waals surface area contributed by atoms with E-state index < -0.39 is 42.1 Å². The molecular formula is C25H28N4O5. The van der Waals surface area contributed by atoms with E-state index >= 15 is 0 Å².